The minimum absolute atomic E-state index is 0.0327. The second-order valence-corrected chi connectivity index (χ2v) is 8.71. The molecule has 1 aliphatic heterocycles. The third kappa shape index (κ3) is 11.4. The van der Waals surface area contributed by atoms with Gasteiger partial charge >= 0.3 is 5.97 Å². The fraction of sp³-hybridized carbons (Fsp3) is 0.875. The van der Waals surface area contributed by atoms with Gasteiger partial charge in [-0.1, -0.05) is 70.4 Å². The second-order valence-electron chi connectivity index (χ2n) is 8.71. The molecular formula is C24H44O6. The van der Waals surface area contributed by atoms with Gasteiger partial charge in [0.05, 0.1) is 18.6 Å². The Kier molecular flexibility index (Phi) is 15.1. The lowest BCUT2D eigenvalue weighted by Crippen LogP contribution is -2.40. The molecule has 0 amide bonds. The summed E-state index contributed by atoms with van der Waals surface area (Å²) >= 11 is 0. The third-order valence-corrected chi connectivity index (χ3v) is 6.01. The highest BCUT2D eigenvalue weighted by Crippen LogP contribution is 2.24. The number of carboxylic acid groups (broad SMARTS) is 1. The number of hydrogen-bond donors (Lipinski definition) is 4. The predicted octanol–water partition coefficient (Wildman–Crippen LogP) is 4.21. The summed E-state index contributed by atoms with van der Waals surface area (Å²) in [6.45, 7) is 2.21. The lowest BCUT2D eigenvalue weighted by molar-refractivity contribution is -0.144. The van der Waals surface area contributed by atoms with Gasteiger partial charge in [0, 0.05) is 0 Å². The lowest BCUT2D eigenvalue weighted by atomic mass is 9.91. The molecule has 6 heteroatoms. The Bertz CT molecular complexity index is 467. The van der Waals surface area contributed by atoms with Crippen LogP contribution in [0.1, 0.15) is 96.8 Å². The fourth-order valence-electron chi connectivity index (χ4n) is 4.02. The number of aliphatic hydroxyl groups excluding tert-OH is 3. The van der Waals surface area contributed by atoms with Crippen LogP contribution in [-0.4, -0.2) is 57.4 Å². The van der Waals surface area contributed by atoms with Crippen molar-refractivity contribution >= 4 is 5.97 Å². The Morgan fingerprint density at radius 1 is 0.967 bits per heavy atom. The van der Waals surface area contributed by atoms with E-state index >= 15 is 0 Å². The van der Waals surface area contributed by atoms with Crippen LogP contribution in [0.25, 0.3) is 0 Å². The van der Waals surface area contributed by atoms with Crippen LogP contribution in [0.15, 0.2) is 12.2 Å². The zero-order valence-electron chi connectivity index (χ0n) is 18.8. The monoisotopic (exact) mass is 428 g/mol. The molecule has 0 bridgehead atoms. The van der Waals surface area contributed by atoms with Crippen molar-refractivity contribution in [3.05, 3.63) is 12.2 Å². The number of unbranched alkanes of at least 4 members (excludes halogenated alkanes) is 10. The second kappa shape index (κ2) is 16.7. The largest absolute Gasteiger partial charge is 0.481 e. The molecule has 176 valence electrons. The van der Waals surface area contributed by atoms with Crippen molar-refractivity contribution in [1.29, 1.82) is 0 Å². The highest BCUT2D eigenvalue weighted by atomic mass is 16.5. The van der Waals surface area contributed by atoms with E-state index in [2.05, 4.69) is 19.1 Å². The van der Waals surface area contributed by atoms with Gasteiger partial charge in [0.25, 0.3) is 0 Å². The van der Waals surface area contributed by atoms with E-state index in [-0.39, 0.29) is 13.0 Å². The van der Waals surface area contributed by atoms with Crippen LogP contribution in [0.3, 0.4) is 0 Å². The first-order valence-corrected chi connectivity index (χ1v) is 12.0. The molecule has 0 aromatic rings. The SMILES string of the molecule is CCCCCCCC/C=C\CCCCCCC(C[C@@H](O)[C@H]1OC[C@H](O)[C@H]1O)C(=O)O. The molecule has 0 saturated carbocycles. The van der Waals surface area contributed by atoms with E-state index in [4.69, 9.17) is 4.74 Å². The molecule has 1 rings (SSSR count). The zero-order chi connectivity index (χ0) is 22.2. The van der Waals surface area contributed by atoms with Crippen molar-refractivity contribution in [1.82, 2.24) is 0 Å². The molecule has 0 spiro atoms. The van der Waals surface area contributed by atoms with Gasteiger partial charge in [-0.05, 0) is 38.5 Å². The van der Waals surface area contributed by atoms with Gasteiger partial charge < -0.3 is 25.2 Å². The summed E-state index contributed by atoms with van der Waals surface area (Å²) < 4.78 is 5.20. The smallest absolute Gasteiger partial charge is 0.306 e. The molecule has 1 heterocycles. The number of allylic oxidation sites excluding steroid dienone is 2. The quantitative estimate of drug-likeness (QED) is 0.192. The van der Waals surface area contributed by atoms with Crippen molar-refractivity contribution < 1.29 is 30.0 Å². The maximum Gasteiger partial charge on any atom is 0.306 e. The van der Waals surface area contributed by atoms with Gasteiger partial charge in [-0.15, -0.1) is 0 Å². The number of rotatable bonds is 18. The van der Waals surface area contributed by atoms with Crippen molar-refractivity contribution in [3.8, 4) is 0 Å². The van der Waals surface area contributed by atoms with Gasteiger partial charge in [0.2, 0.25) is 0 Å². The normalized spacial score (nSPS) is 23.8. The standard InChI is InChI=1S/C24H44O6/c1-2-3-4-5-6-7-8-9-10-11-12-13-14-15-16-19(24(28)29)17-20(25)23-22(27)21(26)18-30-23/h9-10,19-23,25-27H,2-8,11-18H2,1H3,(H,28,29)/b10-9-/t19?,20-,21+,22-,23-/m1/s1. The van der Waals surface area contributed by atoms with Crippen LogP contribution >= 0.6 is 0 Å². The number of carboxylic acids is 1. The van der Waals surface area contributed by atoms with Crippen molar-refractivity contribution in [2.45, 2.75) is 121 Å². The molecule has 1 fully saturated rings. The van der Waals surface area contributed by atoms with Crippen molar-refractivity contribution in [2.24, 2.45) is 5.92 Å². The summed E-state index contributed by atoms with van der Waals surface area (Å²) in [6.07, 6.45) is 15.1. The first-order chi connectivity index (χ1) is 14.5. The Hall–Kier alpha value is -0.950. The number of aliphatic hydroxyl groups is 3. The van der Waals surface area contributed by atoms with Crippen LogP contribution in [-0.2, 0) is 9.53 Å². The summed E-state index contributed by atoms with van der Waals surface area (Å²) in [5.74, 6) is -1.59. The lowest BCUT2D eigenvalue weighted by Gasteiger charge is -2.23. The van der Waals surface area contributed by atoms with Crippen LogP contribution in [0, 0.1) is 5.92 Å². The molecule has 30 heavy (non-hydrogen) atoms. The first kappa shape index (κ1) is 27.1. The highest BCUT2D eigenvalue weighted by Gasteiger charge is 2.40. The number of carbonyl (C=O) groups is 1. The van der Waals surface area contributed by atoms with Crippen molar-refractivity contribution in [3.63, 3.8) is 0 Å². The molecule has 6 nitrogen and oxygen atoms in total. The van der Waals surface area contributed by atoms with E-state index in [1.165, 1.54) is 44.9 Å². The Labute approximate surface area is 182 Å². The van der Waals surface area contributed by atoms with Gasteiger partial charge in [-0.2, -0.15) is 0 Å². The van der Waals surface area contributed by atoms with E-state index in [0.29, 0.717) is 6.42 Å². The highest BCUT2D eigenvalue weighted by molar-refractivity contribution is 5.69. The van der Waals surface area contributed by atoms with E-state index < -0.39 is 36.3 Å². The third-order valence-electron chi connectivity index (χ3n) is 6.01. The summed E-state index contributed by atoms with van der Waals surface area (Å²) in [4.78, 5) is 11.5. The molecular weight excluding hydrogens is 384 g/mol. The summed E-state index contributed by atoms with van der Waals surface area (Å²) in [5, 5.41) is 38.9. The van der Waals surface area contributed by atoms with Crippen LogP contribution in [0.2, 0.25) is 0 Å². The zero-order valence-corrected chi connectivity index (χ0v) is 18.8. The van der Waals surface area contributed by atoms with Crippen molar-refractivity contribution in [2.75, 3.05) is 6.61 Å². The average Bonchev–Trinajstić information content (AvgIpc) is 3.05. The molecule has 0 aromatic heterocycles. The van der Waals surface area contributed by atoms with E-state index in [1.54, 1.807) is 0 Å². The number of ether oxygens (including phenoxy) is 1. The van der Waals surface area contributed by atoms with E-state index in [9.17, 15) is 25.2 Å². The van der Waals surface area contributed by atoms with E-state index in [1.807, 2.05) is 0 Å². The number of hydrogen-bond acceptors (Lipinski definition) is 5. The minimum atomic E-state index is -1.16. The van der Waals surface area contributed by atoms with E-state index in [0.717, 1.165) is 32.1 Å². The fourth-order valence-corrected chi connectivity index (χ4v) is 4.02. The summed E-state index contributed by atoms with van der Waals surface area (Å²) in [6, 6.07) is 0. The van der Waals surface area contributed by atoms with Gasteiger partial charge in [0.15, 0.2) is 0 Å². The Balaban J connectivity index is 2.06. The van der Waals surface area contributed by atoms with Crippen LogP contribution < -0.4 is 0 Å². The molecule has 4 N–H and O–H groups in total. The number of aliphatic carboxylic acids is 1. The topological polar surface area (TPSA) is 107 Å². The molecule has 5 atom stereocenters. The maximum absolute atomic E-state index is 11.5. The first-order valence-electron chi connectivity index (χ1n) is 12.0. The average molecular weight is 429 g/mol. The maximum atomic E-state index is 11.5. The summed E-state index contributed by atoms with van der Waals surface area (Å²) in [7, 11) is 0. The Morgan fingerprint density at radius 2 is 1.53 bits per heavy atom. The van der Waals surface area contributed by atoms with Crippen LogP contribution in [0.4, 0.5) is 0 Å². The molecule has 1 unspecified atom stereocenters. The molecule has 0 aliphatic carbocycles. The van der Waals surface area contributed by atoms with Gasteiger partial charge in [-0.25, -0.2) is 0 Å². The molecule has 0 radical (unpaired) electrons. The van der Waals surface area contributed by atoms with Crippen LogP contribution in [0.5, 0.6) is 0 Å². The molecule has 1 aliphatic rings. The molecule has 1 saturated heterocycles. The predicted molar refractivity (Wildman–Crippen MR) is 118 cm³/mol. The van der Waals surface area contributed by atoms with Gasteiger partial charge in [-0.3, -0.25) is 4.79 Å². The summed E-state index contributed by atoms with van der Waals surface area (Å²) in [5.41, 5.74) is 0. The van der Waals surface area contributed by atoms with Gasteiger partial charge in [0.1, 0.15) is 18.3 Å². The Morgan fingerprint density at radius 3 is 2.07 bits per heavy atom. The minimum Gasteiger partial charge on any atom is -0.481 e. The molecule has 0 aromatic carbocycles.